The second-order valence-electron chi connectivity index (χ2n) is 14.1. The van der Waals surface area contributed by atoms with E-state index in [1.54, 1.807) is 0 Å². The third kappa shape index (κ3) is 5.24. The standard InChI is InChI=1S/C52H34N2S/c1-3-13-35(14-4-1)37-15-11-18-42(34-37)53(48-23-12-21-45-44-19-7-9-22-47(44)54(52(45)48)40-16-5-2-6-17-40)41-29-25-36(26-30-41)38-27-31-43-39(33-38)28-32-50-51(43)46-20-8-10-24-49(46)55-50/h1-34H. The maximum atomic E-state index is 2.43. The lowest BCUT2D eigenvalue weighted by Gasteiger charge is -2.28. The van der Waals surface area contributed by atoms with Crippen molar-refractivity contribution in [3.8, 4) is 27.9 Å². The van der Waals surface area contributed by atoms with Crippen LogP contribution in [-0.4, -0.2) is 4.57 Å². The molecule has 2 nitrogen and oxygen atoms in total. The molecule has 2 aromatic heterocycles. The van der Waals surface area contributed by atoms with Crippen LogP contribution in [0.2, 0.25) is 0 Å². The van der Waals surface area contributed by atoms with Gasteiger partial charge in [0.1, 0.15) is 0 Å². The van der Waals surface area contributed by atoms with E-state index in [2.05, 4.69) is 216 Å². The van der Waals surface area contributed by atoms with E-state index in [4.69, 9.17) is 0 Å². The molecule has 0 atom stereocenters. The summed E-state index contributed by atoms with van der Waals surface area (Å²) in [4.78, 5) is 2.43. The largest absolute Gasteiger partial charge is 0.308 e. The molecular formula is C52H34N2S. The molecule has 11 rings (SSSR count). The van der Waals surface area contributed by atoms with Gasteiger partial charge >= 0.3 is 0 Å². The summed E-state index contributed by atoms with van der Waals surface area (Å²) < 4.78 is 5.09. The molecule has 0 radical (unpaired) electrons. The summed E-state index contributed by atoms with van der Waals surface area (Å²) in [6.07, 6.45) is 0. The number of anilines is 3. The molecule has 0 amide bonds. The number of thiophene rings is 1. The van der Waals surface area contributed by atoms with Gasteiger partial charge in [0, 0.05) is 48.0 Å². The fourth-order valence-corrected chi connectivity index (χ4v) is 9.57. The molecule has 9 aromatic carbocycles. The van der Waals surface area contributed by atoms with Crippen LogP contribution in [0.25, 0.3) is 80.7 Å². The van der Waals surface area contributed by atoms with Crippen molar-refractivity contribution in [3.05, 3.63) is 206 Å². The Labute approximate surface area is 323 Å². The number of fused-ring (bicyclic) bond motifs is 8. The zero-order chi connectivity index (χ0) is 36.3. The van der Waals surface area contributed by atoms with Crippen LogP contribution < -0.4 is 4.90 Å². The van der Waals surface area contributed by atoms with Gasteiger partial charge < -0.3 is 9.47 Å². The lowest BCUT2D eigenvalue weighted by molar-refractivity contribution is 1.17. The van der Waals surface area contributed by atoms with Crippen LogP contribution >= 0.6 is 11.3 Å². The van der Waals surface area contributed by atoms with Crippen molar-refractivity contribution in [3.63, 3.8) is 0 Å². The molecule has 0 fully saturated rings. The first kappa shape index (κ1) is 31.6. The van der Waals surface area contributed by atoms with Crippen molar-refractivity contribution in [2.45, 2.75) is 0 Å². The number of rotatable bonds is 6. The van der Waals surface area contributed by atoms with Crippen LogP contribution in [0.15, 0.2) is 206 Å². The van der Waals surface area contributed by atoms with E-state index in [9.17, 15) is 0 Å². The van der Waals surface area contributed by atoms with Gasteiger partial charge in [0.05, 0.1) is 16.7 Å². The van der Waals surface area contributed by atoms with Gasteiger partial charge in [-0.15, -0.1) is 11.3 Å². The predicted octanol–water partition coefficient (Wildman–Crippen LogP) is 15.1. The van der Waals surface area contributed by atoms with Crippen molar-refractivity contribution < 1.29 is 0 Å². The maximum absolute atomic E-state index is 2.43. The van der Waals surface area contributed by atoms with E-state index in [1.165, 1.54) is 75.0 Å². The highest BCUT2D eigenvalue weighted by Gasteiger charge is 2.22. The Balaban J connectivity index is 1.09. The normalized spacial score (nSPS) is 11.6. The topological polar surface area (TPSA) is 8.17 Å². The number of para-hydroxylation sites is 3. The zero-order valence-electron chi connectivity index (χ0n) is 29.9. The van der Waals surface area contributed by atoms with Crippen molar-refractivity contribution in [2.75, 3.05) is 4.90 Å². The molecule has 2 heterocycles. The van der Waals surface area contributed by atoms with E-state index in [0.717, 1.165) is 22.7 Å². The van der Waals surface area contributed by atoms with Crippen LogP contribution in [-0.2, 0) is 0 Å². The Morgan fingerprint density at radius 3 is 1.89 bits per heavy atom. The Morgan fingerprint density at radius 1 is 0.382 bits per heavy atom. The minimum atomic E-state index is 1.10. The monoisotopic (exact) mass is 718 g/mol. The fraction of sp³-hybridized carbons (Fsp3) is 0. The van der Waals surface area contributed by atoms with E-state index in [0.29, 0.717) is 0 Å². The average Bonchev–Trinajstić information content (AvgIpc) is 3.81. The first-order chi connectivity index (χ1) is 27.3. The molecule has 0 N–H and O–H groups in total. The number of hydrogen-bond donors (Lipinski definition) is 0. The molecule has 0 saturated heterocycles. The Kier molecular flexibility index (Phi) is 7.39. The minimum absolute atomic E-state index is 1.10. The van der Waals surface area contributed by atoms with E-state index in [1.807, 2.05) is 11.3 Å². The smallest absolute Gasteiger partial charge is 0.0782 e. The van der Waals surface area contributed by atoms with Gasteiger partial charge in [-0.05, 0) is 99.8 Å². The molecule has 0 aliphatic rings. The minimum Gasteiger partial charge on any atom is -0.308 e. The van der Waals surface area contributed by atoms with Crippen molar-refractivity contribution in [2.24, 2.45) is 0 Å². The highest BCUT2D eigenvalue weighted by atomic mass is 32.1. The fourth-order valence-electron chi connectivity index (χ4n) is 8.44. The number of nitrogens with zero attached hydrogens (tertiary/aromatic N) is 2. The highest BCUT2D eigenvalue weighted by Crippen LogP contribution is 2.45. The molecule has 0 aliphatic heterocycles. The summed E-state index contributed by atoms with van der Waals surface area (Å²) in [5, 5.41) is 7.72. The Hall–Kier alpha value is -6.94. The lowest BCUT2D eigenvalue weighted by atomic mass is 9.98. The zero-order valence-corrected chi connectivity index (χ0v) is 30.7. The third-order valence-electron chi connectivity index (χ3n) is 11.0. The van der Waals surface area contributed by atoms with Gasteiger partial charge in [-0.3, -0.25) is 0 Å². The van der Waals surface area contributed by atoms with Gasteiger partial charge in [-0.1, -0.05) is 140 Å². The van der Waals surface area contributed by atoms with Crippen molar-refractivity contribution in [1.29, 1.82) is 0 Å². The molecule has 0 saturated carbocycles. The summed E-state index contributed by atoms with van der Waals surface area (Å²) >= 11 is 1.87. The summed E-state index contributed by atoms with van der Waals surface area (Å²) in [5.41, 5.74) is 11.6. The predicted molar refractivity (Wildman–Crippen MR) is 237 cm³/mol. The summed E-state index contributed by atoms with van der Waals surface area (Å²) in [6, 6.07) is 75.1. The summed E-state index contributed by atoms with van der Waals surface area (Å²) in [7, 11) is 0. The third-order valence-corrected chi connectivity index (χ3v) is 12.1. The number of hydrogen-bond acceptors (Lipinski definition) is 2. The number of aromatic nitrogens is 1. The van der Waals surface area contributed by atoms with E-state index in [-0.39, 0.29) is 0 Å². The molecular weight excluding hydrogens is 685 g/mol. The molecule has 3 heteroatoms. The molecule has 55 heavy (non-hydrogen) atoms. The first-order valence-electron chi connectivity index (χ1n) is 18.8. The van der Waals surface area contributed by atoms with Gasteiger partial charge in [0.2, 0.25) is 0 Å². The quantitative estimate of drug-likeness (QED) is 0.166. The average molecular weight is 719 g/mol. The lowest BCUT2D eigenvalue weighted by Crippen LogP contribution is -2.11. The van der Waals surface area contributed by atoms with Crippen LogP contribution in [0.5, 0.6) is 0 Å². The molecule has 258 valence electrons. The summed E-state index contributed by atoms with van der Waals surface area (Å²) in [6.45, 7) is 0. The van der Waals surface area contributed by atoms with E-state index < -0.39 is 0 Å². The van der Waals surface area contributed by atoms with Crippen LogP contribution in [0.3, 0.4) is 0 Å². The van der Waals surface area contributed by atoms with Gasteiger partial charge in [-0.25, -0.2) is 0 Å². The number of benzene rings is 9. The summed E-state index contributed by atoms with van der Waals surface area (Å²) in [5.74, 6) is 0. The molecule has 0 unspecified atom stereocenters. The second kappa shape index (κ2) is 12.9. The van der Waals surface area contributed by atoms with Crippen molar-refractivity contribution >= 4 is 81.1 Å². The van der Waals surface area contributed by atoms with Crippen LogP contribution in [0.4, 0.5) is 17.1 Å². The van der Waals surface area contributed by atoms with Gasteiger partial charge in [0.15, 0.2) is 0 Å². The Bertz CT molecular complexity index is 3190. The van der Waals surface area contributed by atoms with Crippen molar-refractivity contribution in [1.82, 2.24) is 4.57 Å². The van der Waals surface area contributed by atoms with Gasteiger partial charge in [-0.2, -0.15) is 0 Å². The molecule has 11 aromatic rings. The maximum Gasteiger partial charge on any atom is 0.0782 e. The molecule has 0 aliphatic carbocycles. The molecule has 0 bridgehead atoms. The first-order valence-corrected chi connectivity index (χ1v) is 19.6. The highest BCUT2D eigenvalue weighted by molar-refractivity contribution is 7.26. The Morgan fingerprint density at radius 2 is 1.04 bits per heavy atom. The second-order valence-corrected chi connectivity index (χ2v) is 15.2. The van der Waals surface area contributed by atoms with Crippen LogP contribution in [0, 0.1) is 0 Å². The molecule has 0 spiro atoms. The van der Waals surface area contributed by atoms with E-state index >= 15 is 0 Å². The van der Waals surface area contributed by atoms with Crippen LogP contribution in [0.1, 0.15) is 0 Å². The SMILES string of the molecule is c1ccc(-c2cccc(N(c3ccc(-c4ccc5c(ccc6sc7ccccc7c65)c4)cc3)c3cccc4c5ccccc5n(-c5ccccc5)c34)c2)cc1. The van der Waals surface area contributed by atoms with Gasteiger partial charge in [0.25, 0.3) is 0 Å².